The highest BCUT2D eigenvalue weighted by Gasteiger charge is 2.33. The quantitative estimate of drug-likeness (QED) is 0.847. The number of sulfone groups is 1. The van der Waals surface area contributed by atoms with Crippen LogP contribution in [0.4, 0.5) is 0 Å². The first-order valence-electron chi connectivity index (χ1n) is 6.12. The van der Waals surface area contributed by atoms with E-state index in [2.05, 4.69) is 24.2 Å². The molecule has 0 bridgehead atoms. The summed E-state index contributed by atoms with van der Waals surface area (Å²) in [6, 6.07) is 0. The standard InChI is InChI=1S/C11H20N2O2S2/c1-3-11(2)8-16-10(13-11)12-7-9-5-4-6-17(9,14)15/h9H,3-8H2,1-2H3,(H,12,13). The van der Waals surface area contributed by atoms with Crippen LogP contribution in [-0.4, -0.2) is 42.4 Å². The summed E-state index contributed by atoms with van der Waals surface area (Å²) in [6.45, 7) is 4.75. The third kappa shape index (κ3) is 2.96. The van der Waals surface area contributed by atoms with Crippen molar-refractivity contribution in [2.24, 2.45) is 4.99 Å². The highest BCUT2D eigenvalue weighted by Crippen LogP contribution is 2.26. The molecule has 98 valence electrons. The van der Waals surface area contributed by atoms with Crippen molar-refractivity contribution in [3.05, 3.63) is 0 Å². The molecular weight excluding hydrogens is 256 g/mol. The van der Waals surface area contributed by atoms with Crippen molar-refractivity contribution >= 4 is 26.8 Å². The molecule has 0 aromatic carbocycles. The zero-order chi connectivity index (χ0) is 12.5. The van der Waals surface area contributed by atoms with Crippen molar-refractivity contribution in [1.82, 2.24) is 5.32 Å². The van der Waals surface area contributed by atoms with Crippen molar-refractivity contribution in [3.63, 3.8) is 0 Å². The Kier molecular flexibility index (Phi) is 3.73. The average Bonchev–Trinajstić information content (AvgIpc) is 2.80. The predicted octanol–water partition coefficient (Wildman–Crippen LogP) is 1.42. The molecule has 4 nitrogen and oxygen atoms in total. The van der Waals surface area contributed by atoms with Gasteiger partial charge in [-0.2, -0.15) is 0 Å². The van der Waals surface area contributed by atoms with Crippen LogP contribution in [-0.2, 0) is 9.84 Å². The Hall–Kier alpha value is -0.230. The molecule has 0 aromatic rings. The summed E-state index contributed by atoms with van der Waals surface area (Å²) in [4.78, 5) is 4.43. The fraction of sp³-hybridized carbons (Fsp3) is 0.909. The minimum atomic E-state index is -2.86. The highest BCUT2D eigenvalue weighted by molar-refractivity contribution is 8.14. The van der Waals surface area contributed by atoms with Crippen LogP contribution in [0.15, 0.2) is 4.99 Å². The molecule has 2 unspecified atom stereocenters. The van der Waals surface area contributed by atoms with Crippen LogP contribution >= 0.6 is 11.8 Å². The maximum Gasteiger partial charge on any atom is 0.157 e. The zero-order valence-corrected chi connectivity index (χ0v) is 12.0. The lowest BCUT2D eigenvalue weighted by Crippen LogP contribution is -2.39. The molecule has 2 aliphatic rings. The number of nitrogens with one attached hydrogen (secondary N) is 1. The molecule has 0 saturated carbocycles. The van der Waals surface area contributed by atoms with Gasteiger partial charge in [0.2, 0.25) is 0 Å². The van der Waals surface area contributed by atoms with Gasteiger partial charge in [0, 0.05) is 11.3 Å². The number of amidine groups is 1. The molecule has 2 aliphatic heterocycles. The monoisotopic (exact) mass is 276 g/mol. The van der Waals surface area contributed by atoms with E-state index in [1.807, 2.05) is 0 Å². The molecule has 2 rings (SSSR count). The predicted molar refractivity (Wildman–Crippen MR) is 73.4 cm³/mol. The van der Waals surface area contributed by atoms with Crippen molar-refractivity contribution in [2.45, 2.75) is 43.9 Å². The van der Waals surface area contributed by atoms with E-state index < -0.39 is 9.84 Å². The van der Waals surface area contributed by atoms with E-state index >= 15 is 0 Å². The van der Waals surface area contributed by atoms with E-state index in [4.69, 9.17) is 0 Å². The highest BCUT2D eigenvalue weighted by atomic mass is 32.2. The smallest absolute Gasteiger partial charge is 0.157 e. The molecule has 0 amide bonds. The van der Waals surface area contributed by atoms with Gasteiger partial charge < -0.3 is 5.32 Å². The Morgan fingerprint density at radius 2 is 2.35 bits per heavy atom. The van der Waals surface area contributed by atoms with Crippen molar-refractivity contribution < 1.29 is 8.42 Å². The van der Waals surface area contributed by atoms with E-state index in [9.17, 15) is 8.42 Å². The van der Waals surface area contributed by atoms with Gasteiger partial charge in [-0.1, -0.05) is 18.7 Å². The first kappa shape index (κ1) is 13.2. The molecule has 0 spiro atoms. The third-order valence-corrected chi connectivity index (χ3v) is 7.16. The Morgan fingerprint density at radius 1 is 1.59 bits per heavy atom. The Labute approximate surface area is 108 Å². The summed E-state index contributed by atoms with van der Waals surface area (Å²) in [5.74, 6) is 1.36. The zero-order valence-electron chi connectivity index (χ0n) is 10.4. The number of rotatable bonds is 3. The van der Waals surface area contributed by atoms with E-state index in [1.54, 1.807) is 11.8 Å². The molecule has 2 saturated heterocycles. The number of aliphatic imine (C=N–C) groups is 1. The molecule has 17 heavy (non-hydrogen) atoms. The Bertz CT molecular complexity index is 419. The van der Waals surface area contributed by atoms with Gasteiger partial charge in [-0.25, -0.2) is 8.42 Å². The van der Waals surface area contributed by atoms with Crippen LogP contribution in [0, 0.1) is 0 Å². The van der Waals surface area contributed by atoms with E-state index in [0.717, 1.165) is 30.2 Å². The number of hydrogen-bond donors (Lipinski definition) is 1. The molecular formula is C11H20N2O2S2. The first-order valence-corrected chi connectivity index (χ1v) is 8.82. The fourth-order valence-electron chi connectivity index (χ4n) is 2.08. The summed E-state index contributed by atoms with van der Waals surface area (Å²) >= 11 is 1.70. The Balaban J connectivity index is 1.95. The summed E-state index contributed by atoms with van der Waals surface area (Å²) in [5, 5.41) is 4.06. The van der Waals surface area contributed by atoms with Gasteiger partial charge in [0.1, 0.15) is 0 Å². The van der Waals surface area contributed by atoms with Gasteiger partial charge in [0.25, 0.3) is 0 Å². The van der Waals surface area contributed by atoms with Gasteiger partial charge in [0.15, 0.2) is 15.0 Å². The molecule has 2 atom stereocenters. The lowest BCUT2D eigenvalue weighted by atomic mass is 10.0. The Morgan fingerprint density at radius 3 is 2.88 bits per heavy atom. The number of nitrogens with zero attached hydrogens (tertiary/aromatic N) is 1. The second-order valence-corrected chi connectivity index (χ2v) is 8.47. The van der Waals surface area contributed by atoms with Crippen molar-refractivity contribution in [2.75, 3.05) is 18.1 Å². The maximum absolute atomic E-state index is 11.7. The topological polar surface area (TPSA) is 58.5 Å². The lowest BCUT2D eigenvalue weighted by Gasteiger charge is -2.20. The molecule has 1 N–H and O–H groups in total. The molecule has 0 radical (unpaired) electrons. The normalized spacial score (nSPS) is 38.5. The summed E-state index contributed by atoms with van der Waals surface area (Å²) in [7, 11) is -2.86. The van der Waals surface area contributed by atoms with Gasteiger partial charge in [-0.3, -0.25) is 4.99 Å². The summed E-state index contributed by atoms with van der Waals surface area (Å²) in [5.41, 5.74) is 0.123. The molecule has 2 heterocycles. The van der Waals surface area contributed by atoms with Crippen LogP contribution in [0.25, 0.3) is 0 Å². The van der Waals surface area contributed by atoms with Gasteiger partial charge in [-0.15, -0.1) is 0 Å². The summed E-state index contributed by atoms with van der Waals surface area (Å²) in [6.07, 6.45) is 2.63. The average molecular weight is 276 g/mol. The summed E-state index contributed by atoms with van der Waals surface area (Å²) < 4.78 is 23.3. The second kappa shape index (κ2) is 4.80. The SMILES string of the molecule is CCC1(C)CSC(=NCC2CCCS2(=O)=O)N1. The molecule has 6 heteroatoms. The van der Waals surface area contributed by atoms with Crippen LogP contribution in [0.5, 0.6) is 0 Å². The number of hydrogen-bond acceptors (Lipinski definition) is 4. The minimum absolute atomic E-state index is 0.123. The van der Waals surface area contributed by atoms with Crippen LogP contribution in [0.3, 0.4) is 0 Å². The van der Waals surface area contributed by atoms with Gasteiger partial charge in [-0.05, 0) is 26.2 Å². The van der Waals surface area contributed by atoms with Gasteiger partial charge >= 0.3 is 0 Å². The van der Waals surface area contributed by atoms with E-state index in [-0.39, 0.29) is 10.8 Å². The van der Waals surface area contributed by atoms with Crippen LogP contribution < -0.4 is 5.32 Å². The van der Waals surface area contributed by atoms with E-state index in [0.29, 0.717) is 12.3 Å². The second-order valence-electron chi connectivity index (χ2n) is 5.10. The molecule has 0 aliphatic carbocycles. The van der Waals surface area contributed by atoms with E-state index in [1.165, 1.54) is 0 Å². The number of thioether (sulfide) groups is 1. The maximum atomic E-state index is 11.7. The fourth-order valence-corrected chi connectivity index (χ4v) is 5.03. The largest absolute Gasteiger partial charge is 0.359 e. The molecule has 0 aromatic heterocycles. The van der Waals surface area contributed by atoms with Crippen LogP contribution in [0.2, 0.25) is 0 Å². The lowest BCUT2D eigenvalue weighted by molar-refractivity contribution is 0.466. The minimum Gasteiger partial charge on any atom is -0.359 e. The van der Waals surface area contributed by atoms with Gasteiger partial charge in [0.05, 0.1) is 17.5 Å². The molecule has 2 fully saturated rings. The van der Waals surface area contributed by atoms with Crippen LogP contribution in [0.1, 0.15) is 33.1 Å². The van der Waals surface area contributed by atoms with Crippen molar-refractivity contribution in [1.29, 1.82) is 0 Å². The first-order chi connectivity index (χ1) is 7.95. The third-order valence-electron chi connectivity index (χ3n) is 3.62. The van der Waals surface area contributed by atoms with Crippen molar-refractivity contribution in [3.8, 4) is 0 Å².